The largest absolute Gasteiger partial charge is 0.487 e. The minimum absolute atomic E-state index is 0.0986. The van der Waals surface area contributed by atoms with Gasteiger partial charge < -0.3 is 9.47 Å². The number of methoxy groups -OCH3 is 1. The van der Waals surface area contributed by atoms with Crippen LogP contribution in [-0.2, 0) is 19.1 Å². The zero-order chi connectivity index (χ0) is 11.7. The first-order chi connectivity index (χ1) is 7.10. The van der Waals surface area contributed by atoms with Gasteiger partial charge in [0.25, 0.3) is 0 Å². The van der Waals surface area contributed by atoms with Crippen molar-refractivity contribution in [2.45, 2.75) is 20.3 Å². The third kappa shape index (κ3) is 8.05. The number of carbonyl (C=O) groups is 2. The Morgan fingerprint density at radius 3 is 2.53 bits per heavy atom. The number of ketones is 1. The van der Waals surface area contributed by atoms with Gasteiger partial charge in [-0.3, -0.25) is 9.59 Å². The van der Waals surface area contributed by atoms with Crippen LogP contribution in [0.5, 0.6) is 0 Å². The van der Waals surface area contributed by atoms with Crippen molar-refractivity contribution in [1.82, 2.24) is 0 Å². The van der Waals surface area contributed by atoms with Crippen LogP contribution in [0.4, 0.5) is 0 Å². The predicted octanol–water partition coefficient (Wildman–Crippen LogP) is 1.75. The molecule has 5 heteroatoms. The lowest BCUT2D eigenvalue weighted by atomic mass is 10.4. The summed E-state index contributed by atoms with van der Waals surface area (Å²) < 4.78 is 9.78. The third-order valence-corrected chi connectivity index (χ3v) is 2.23. The molecular formula is C10H16O4S. The molecule has 0 heterocycles. The summed E-state index contributed by atoms with van der Waals surface area (Å²) in [6.45, 7) is 3.94. The average Bonchev–Trinajstić information content (AvgIpc) is 2.20. The van der Waals surface area contributed by atoms with Crippen molar-refractivity contribution in [3.8, 4) is 0 Å². The number of allylic oxidation sites excluding steroid dienone is 1. The summed E-state index contributed by atoms with van der Waals surface area (Å²) in [5.41, 5.74) is 0. The van der Waals surface area contributed by atoms with E-state index in [0.29, 0.717) is 11.7 Å². The van der Waals surface area contributed by atoms with Crippen LogP contribution < -0.4 is 0 Å². The quantitative estimate of drug-likeness (QED) is 0.380. The zero-order valence-electron chi connectivity index (χ0n) is 9.24. The highest BCUT2D eigenvalue weighted by atomic mass is 32.2. The molecule has 0 bridgehead atoms. The number of esters is 1. The van der Waals surface area contributed by atoms with Crippen molar-refractivity contribution < 1.29 is 19.1 Å². The normalized spacial score (nSPS) is 11.0. The SMILES string of the molecule is CCCO/C(=C/C(C)=O)SCC(=O)OC. The zero-order valence-corrected chi connectivity index (χ0v) is 10.1. The van der Waals surface area contributed by atoms with Gasteiger partial charge in [-0.05, 0) is 13.3 Å². The molecule has 0 radical (unpaired) electrons. The molecule has 4 nitrogen and oxygen atoms in total. The van der Waals surface area contributed by atoms with E-state index in [1.807, 2.05) is 6.92 Å². The van der Waals surface area contributed by atoms with Gasteiger partial charge in [0.1, 0.15) is 0 Å². The summed E-state index contributed by atoms with van der Waals surface area (Å²) in [5.74, 6) is -0.285. The molecule has 0 aromatic carbocycles. The molecule has 0 aliphatic rings. The van der Waals surface area contributed by atoms with Crippen LogP contribution in [0.3, 0.4) is 0 Å². The van der Waals surface area contributed by atoms with Gasteiger partial charge in [0.15, 0.2) is 10.9 Å². The highest BCUT2D eigenvalue weighted by molar-refractivity contribution is 8.03. The van der Waals surface area contributed by atoms with E-state index in [4.69, 9.17) is 4.74 Å². The first-order valence-electron chi connectivity index (χ1n) is 4.64. The molecule has 0 N–H and O–H groups in total. The number of hydrogen-bond donors (Lipinski definition) is 0. The summed E-state index contributed by atoms with van der Waals surface area (Å²) in [7, 11) is 1.32. The lowest BCUT2D eigenvalue weighted by Gasteiger charge is -2.07. The highest BCUT2D eigenvalue weighted by Gasteiger charge is 2.06. The molecule has 86 valence electrons. The molecule has 0 saturated carbocycles. The van der Waals surface area contributed by atoms with E-state index in [-0.39, 0.29) is 17.5 Å². The fourth-order valence-corrected chi connectivity index (χ4v) is 1.48. The molecule has 15 heavy (non-hydrogen) atoms. The Bertz CT molecular complexity index is 248. The van der Waals surface area contributed by atoms with Crippen molar-refractivity contribution in [2.75, 3.05) is 19.5 Å². The number of ether oxygens (including phenoxy) is 2. The van der Waals surface area contributed by atoms with Crippen LogP contribution in [0.15, 0.2) is 11.2 Å². The topological polar surface area (TPSA) is 52.6 Å². The van der Waals surface area contributed by atoms with Gasteiger partial charge in [-0.2, -0.15) is 0 Å². The maximum Gasteiger partial charge on any atom is 0.316 e. The molecule has 0 aromatic rings. The minimum atomic E-state index is -0.338. The number of hydrogen-bond acceptors (Lipinski definition) is 5. The van der Waals surface area contributed by atoms with Crippen molar-refractivity contribution in [3.63, 3.8) is 0 Å². The molecule has 0 rings (SSSR count). The molecule has 0 aliphatic heterocycles. The molecule has 0 amide bonds. The highest BCUT2D eigenvalue weighted by Crippen LogP contribution is 2.17. The van der Waals surface area contributed by atoms with Crippen LogP contribution in [0.25, 0.3) is 0 Å². The van der Waals surface area contributed by atoms with E-state index in [1.165, 1.54) is 31.9 Å². The second-order valence-corrected chi connectivity index (χ2v) is 3.77. The molecule has 0 aromatic heterocycles. The molecular weight excluding hydrogens is 216 g/mol. The second-order valence-electron chi connectivity index (χ2n) is 2.79. The van der Waals surface area contributed by atoms with Gasteiger partial charge in [0, 0.05) is 6.08 Å². The standard InChI is InChI=1S/C10H16O4S/c1-4-5-14-10(6-8(2)11)15-7-9(12)13-3/h6H,4-5,7H2,1-3H3/b10-6-. The van der Waals surface area contributed by atoms with E-state index < -0.39 is 0 Å². The maximum atomic E-state index is 10.9. The fourth-order valence-electron chi connectivity index (χ4n) is 0.683. The number of thioether (sulfide) groups is 1. The van der Waals surface area contributed by atoms with E-state index in [9.17, 15) is 9.59 Å². The Morgan fingerprint density at radius 1 is 1.40 bits per heavy atom. The first-order valence-corrected chi connectivity index (χ1v) is 5.63. The van der Waals surface area contributed by atoms with Crippen molar-refractivity contribution >= 4 is 23.5 Å². The summed E-state index contributed by atoms with van der Waals surface area (Å²) in [6, 6.07) is 0. The number of carbonyl (C=O) groups excluding carboxylic acids is 2. The van der Waals surface area contributed by atoms with Crippen LogP contribution in [0.1, 0.15) is 20.3 Å². The van der Waals surface area contributed by atoms with E-state index in [0.717, 1.165) is 6.42 Å². The lowest BCUT2D eigenvalue weighted by Crippen LogP contribution is -2.05. The molecule has 0 fully saturated rings. The van der Waals surface area contributed by atoms with Gasteiger partial charge in [-0.15, -0.1) is 0 Å². The smallest absolute Gasteiger partial charge is 0.316 e. The van der Waals surface area contributed by atoms with Gasteiger partial charge in [-0.25, -0.2) is 0 Å². The maximum absolute atomic E-state index is 10.9. The Kier molecular flexibility index (Phi) is 7.81. The first kappa shape index (κ1) is 14.0. The lowest BCUT2D eigenvalue weighted by molar-refractivity contribution is -0.137. The monoisotopic (exact) mass is 232 g/mol. The Morgan fingerprint density at radius 2 is 2.07 bits per heavy atom. The average molecular weight is 232 g/mol. The minimum Gasteiger partial charge on any atom is -0.487 e. The molecule has 0 saturated heterocycles. The van der Waals surface area contributed by atoms with Crippen molar-refractivity contribution in [1.29, 1.82) is 0 Å². The Labute approximate surface area is 94.0 Å². The molecule has 0 spiro atoms. The second kappa shape index (κ2) is 8.35. The van der Waals surface area contributed by atoms with Crippen LogP contribution >= 0.6 is 11.8 Å². The van der Waals surface area contributed by atoms with Crippen LogP contribution in [0, 0.1) is 0 Å². The fraction of sp³-hybridized carbons (Fsp3) is 0.600. The summed E-state index contributed by atoms with van der Waals surface area (Å²) >= 11 is 1.17. The summed E-state index contributed by atoms with van der Waals surface area (Å²) in [6.07, 6.45) is 2.23. The van der Waals surface area contributed by atoms with Gasteiger partial charge >= 0.3 is 5.97 Å². The molecule has 0 atom stereocenters. The van der Waals surface area contributed by atoms with Gasteiger partial charge in [0.05, 0.1) is 19.5 Å². The summed E-state index contributed by atoms with van der Waals surface area (Å²) in [4.78, 5) is 21.7. The number of rotatable bonds is 7. The van der Waals surface area contributed by atoms with Gasteiger partial charge in [0.2, 0.25) is 0 Å². The summed E-state index contributed by atoms with van der Waals surface area (Å²) in [5, 5.41) is 0.467. The van der Waals surface area contributed by atoms with Crippen molar-refractivity contribution in [2.24, 2.45) is 0 Å². The predicted molar refractivity (Wildman–Crippen MR) is 59.5 cm³/mol. The molecule has 0 unspecified atom stereocenters. The van der Waals surface area contributed by atoms with Crippen molar-refractivity contribution in [3.05, 3.63) is 11.2 Å². The van der Waals surface area contributed by atoms with Crippen LogP contribution in [0.2, 0.25) is 0 Å². The third-order valence-electron chi connectivity index (χ3n) is 1.33. The van der Waals surface area contributed by atoms with E-state index in [2.05, 4.69) is 4.74 Å². The van der Waals surface area contributed by atoms with Crippen LogP contribution in [-0.4, -0.2) is 31.2 Å². The Balaban J connectivity index is 4.13. The Hall–Kier alpha value is -0.970. The van der Waals surface area contributed by atoms with E-state index in [1.54, 1.807) is 0 Å². The van der Waals surface area contributed by atoms with Gasteiger partial charge in [-0.1, -0.05) is 18.7 Å². The van der Waals surface area contributed by atoms with E-state index >= 15 is 0 Å². The molecule has 0 aliphatic carbocycles.